The van der Waals surface area contributed by atoms with E-state index < -0.39 is 0 Å². The summed E-state index contributed by atoms with van der Waals surface area (Å²) < 4.78 is 6.57. The van der Waals surface area contributed by atoms with Crippen molar-refractivity contribution in [1.82, 2.24) is 10.2 Å². The molecule has 4 heteroatoms. The van der Waals surface area contributed by atoms with Crippen LogP contribution in [0.1, 0.15) is 66.2 Å². The second-order valence-electron chi connectivity index (χ2n) is 9.06. The fourth-order valence-corrected chi connectivity index (χ4v) is 4.85. The van der Waals surface area contributed by atoms with Gasteiger partial charge in [0.2, 0.25) is 0 Å². The van der Waals surface area contributed by atoms with Gasteiger partial charge in [0, 0.05) is 36.7 Å². The fraction of sp³-hybridized carbons (Fsp3) is 0.480. The minimum atomic E-state index is -0.194. The zero-order valence-electron chi connectivity index (χ0n) is 18.0. The monoisotopic (exact) mass is 392 g/mol. The van der Waals surface area contributed by atoms with E-state index in [2.05, 4.69) is 36.2 Å². The molecule has 0 radical (unpaired) electrons. The average Bonchev–Trinajstić information content (AvgIpc) is 2.67. The number of ether oxygens (including phenoxy) is 1. The van der Waals surface area contributed by atoms with Crippen molar-refractivity contribution in [3.63, 3.8) is 0 Å². The third-order valence-electron chi connectivity index (χ3n) is 6.43. The molecule has 4 rings (SSSR count). The van der Waals surface area contributed by atoms with Crippen LogP contribution in [0.5, 0.6) is 5.75 Å². The van der Waals surface area contributed by atoms with E-state index in [4.69, 9.17) is 4.74 Å². The molecule has 1 atom stereocenters. The van der Waals surface area contributed by atoms with Crippen LogP contribution in [0.3, 0.4) is 0 Å². The van der Waals surface area contributed by atoms with Crippen LogP contribution in [0, 0.1) is 13.8 Å². The van der Waals surface area contributed by atoms with Crippen molar-refractivity contribution in [3.8, 4) is 5.75 Å². The van der Waals surface area contributed by atoms with Gasteiger partial charge in [-0.1, -0.05) is 35.4 Å². The summed E-state index contributed by atoms with van der Waals surface area (Å²) in [4.78, 5) is 15.6. The van der Waals surface area contributed by atoms with Gasteiger partial charge in [-0.2, -0.15) is 0 Å². The van der Waals surface area contributed by atoms with Crippen LogP contribution >= 0.6 is 0 Å². The van der Waals surface area contributed by atoms with E-state index in [0.717, 1.165) is 60.4 Å². The Bertz CT molecular complexity index is 877. The summed E-state index contributed by atoms with van der Waals surface area (Å²) in [5, 5.41) is 3.32. The Hall–Kier alpha value is -2.33. The Morgan fingerprint density at radius 1 is 1.10 bits per heavy atom. The molecule has 1 unspecified atom stereocenters. The minimum absolute atomic E-state index is 0.00623. The van der Waals surface area contributed by atoms with Crippen LogP contribution in [0.25, 0.3) is 0 Å². The smallest absolute Gasteiger partial charge is 0.251 e. The summed E-state index contributed by atoms with van der Waals surface area (Å²) in [5.74, 6) is 0.913. The molecule has 0 aromatic heterocycles. The van der Waals surface area contributed by atoms with Crippen molar-refractivity contribution >= 4 is 5.91 Å². The average molecular weight is 393 g/mol. The first-order chi connectivity index (χ1) is 13.8. The van der Waals surface area contributed by atoms with E-state index in [1.54, 1.807) is 0 Å². The van der Waals surface area contributed by atoms with Gasteiger partial charge in [0.1, 0.15) is 11.4 Å². The van der Waals surface area contributed by atoms with Gasteiger partial charge >= 0.3 is 0 Å². The molecule has 0 saturated carbocycles. The maximum Gasteiger partial charge on any atom is 0.251 e. The zero-order chi connectivity index (χ0) is 20.6. The van der Waals surface area contributed by atoms with Gasteiger partial charge in [0.05, 0.1) is 6.04 Å². The number of carbonyl (C=O) groups excluding carboxylic acids is 1. The molecule has 1 saturated heterocycles. The van der Waals surface area contributed by atoms with Crippen LogP contribution in [0.4, 0.5) is 0 Å². The van der Waals surface area contributed by atoms with E-state index in [0.29, 0.717) is 6.04 Å². The zero-order valence-corrected chi connectivity index (χ0v) is 18.0. The summed E-state index contributed by atoms with van der Waals surface area (Å²) >= 11 is 0. The molecule has 2 aliphatic heterocycles. The standard InChI is InChI=1S/C25H32N2O2/c1-17(2)27-11-9-25(10-12-27)16-22(21-7-5-6-8-23(21)29-25)26-24(28)20-14-18(3)13-19(4)15-20/h5-8,13-15,17,22H,9-12,16H2,1-4H3,(H,26,28). The summed E-state index contributed by atoms with van der Waals surface area (Å²) in [6, 6.07) is 14.7. The Morgan fingerprint density at radius 2 is 1.76 bits per heavy atom. The van der Waals surface area contributed by atoms with E-state index in [1.165, 1.54) is 0 Å². The van der Waals surface area contributed by atoms with E-state index in [-0.39, 0.29) is 17.6 Å². The molecule has 2 aromatic rings. The lowest BCUT2D eigenvalue weighted by molar-refractivity contribution is -0.0306. The highest BCUT2D eigenvalue weighted by atomic mass is 16.5. The maximum atomic E-state index is 13.1. The first-order valence-electron chi connectivity index (χ1n) is 10.8. The predicted molar refractivity (Wildman–Crippen MR) is 116 cm³/mol. The SMILES string of the molecule is Cc1cc(C)cc(C(=O)NC2CC3(CCN(C(C)C)CC3)Oc3ccccc32)c1. The molecule has 2 heterocycles. The highest BCUT2D eigenvalue weighted by Crippen LogP contribution is 2.44. The number of benzene rings is 2. The molecular formula is C25H32N2O2. The molecule has 2 aliphatic rings. The summed E-state index contributed by atoms with van der Waals surface area (Å²) in [7, 11) is 0. The van der Waals surface area contributed by atoms with Crippen molar-refractivity contribution in [3.05, 3.63) is 64.7 Å². The number of aryl methyl sites for hydroxylation is 2. The minimum Gasteiger partial charge on any atom is -0.487 e. The number of para-hydroxylation sites is 1. The van der Waals surface area contributed by atoms with E-state index in [9.17, 15) is 4.79 Å². The molecular weight excluding hydrogens is 360 g/mol. The number of nitrogens with one attached hydrogen (secondary N) is 1. The molecule has 0 bridgehead atoms. The lowest BCUT2D eigenvalue weighted by Gasteiger charge is -2.47. The number of fused-ring (bicyclic) bond motifs is 1. The number of hydrogen-bond donors (Lipinski definition) is 1. The second kappa shape index (κ2) is 7.83. The molecule has 1 fully saturated rings. The number of carbonyl (C=O) groups is 1. The van der Waals surface area contributed by atoms with Crippen molar-refractivity contribution in [2.24, 2.45) is 0 Å². The molecule has 4 nitrogen and oxygen atoms in total. The molecule has 2 aromatic carbocycles. The summed E-state index contributed by atoms with van der Waals surface area (Å²) in [6.45, 7) is 10.6. The van der Waals surface area contributed by atoms with Crippen LogP contribution in [-0.4, -0.2) is 35.5 Å². The van der Waals surface area contributed by atoms with Gasteiger partial charge < -0.3 is 15.0 Å². The lowest BCUT2D eigenvalue weighted by Crippen LogP contribution is -2.53. The van der Waals surface area contributed by atoms with Crippen LogP contribution in [0.2, 0.25) is 0 Å². The Balaban J connectivity index is 1.58. The highest BCUT2D eigenvalue weighted by Gasteiger charge is 2.43. The summed E-state index contributed by atoms with van der Waals surface area (Å²) in [6.07, 6.45) is 2.82. The third kappa shape index (κ3) is 4.18. The first kappa shape index (κ1) is 20.0. The van der Waals surface area contributed by atoms with Gasteiger partial charge in [-0.15, -0.1) is 0 Å². The number of hydrogen-bond acceptors (Lipinski definition) is 3. The molecule has 154 valence electrons. The van der Waals surface area contributed by atoms with Crippen molar-refractivity contribution < 1.29 is 9.53 Å². The molecule has 29 heavy (non-hydrogen) atoms. The molecule has 0 aliphatic carbocycles. The first-order valence-corrected chi connectivity index (χ1v) is 10.8. The van der Waals surface area contributed by atoms with Crippen molar-refractivity contribution in [2.45, 2.75) is 64.6 Å². The van der Waals surface area contributed by atoms with Crippen LogP contribution < -0.4 is 10.1 Å². The topological polar surface area (TPSA) is 41.6 Å². The van der Waals surface area contributed by atoms with Gasteiger partial charge in [-0.3, -0.25) is 4.79 Å². The van der Waals surface area contributed by atoms with Gasteiger partial charge in [0.25, 0.3) is 5.91 Å². The number of amides is 1. The molecule has 1 spiro atoms. The largest absolute Gasteiger partial charge is 0.487 e. The molecule has 1 N–H and O–H groups in total. The Kier molecular flexibility index (Phi) is 5.39. The van der Waals surface area contributed by atoms with Crippen LogP contribution in [0.15, 0.2) is 42.5 Å². The quantitative estimate of drug-likeness (QED) is 0.816. The number of piperidine rings is 1. The lowest BCUT2D eigenvalue weighted by atomic mass is 9.80. The number of likely N-dealkylation sites (tertiary alicyclic amines) is 1. The van der Waals surface area contributed by atoms with Crippen LogP contribution in [-0.2, 0) is 0 Å². The van der Waals surface area contributed by atoms with Gasteiger partial charge in [-0.05, 0) is 58.7 Å². The van der Waals surface area contributed by atoms with Crippen molar-refractivity contribution in [2.75, 3.05) is 13.1 Å². The van der Waals surface area contributed by atoms with Gasteiger partial charge in [-0.25, -0.2) is 0 Å². The normalized spacial score (nSPS) is 20.9. The number of rotatable bonds is 3. The maximum absolute atomic E-state index is 13.1. The second-order valence-corrected chi connectivity index (χ2v) is 9.06. The van der Waals surface area contributed by atoms with Gasteiger partial charge in [0.15, 0.2) is 0 Å². The summed E-state index contributed by atoms with van der Waals surface area (Å²) in [5.41, 5.74) is 3.85. The van der Waals surface area contributed by atoms with E-state index >= 15 is 0 Å². The highest BCUT2D eigenvalue weighted by molar-refractivity contribution is 5.95. The Morgan fingerprint density at radius 3 is 2.41 bits per heavy atom. The molecule has 1 amide bonds. The Labute approximate surface area is 174 Å². The fourth-order valence-electron chi connectivity index (χ4n) is 4.85. The number of nitrogens with zero attached hydrogens (tertiary/aromatic N) is 1. The van der Waals surface area contributed by atoms with E-state index in [1.807, 2.05) is 44.2 Å². The third-order valence-corrected chi connectivity index (χ3v) is 6.43. The van der Waals surface area contributed by atoms with Crippen molar-refractivity contribution in [1.29, 1.82) is 0 Å². The predicted octanol–water partition coefficient (Wildman–Crippen LogP) is 4.80.